The van der Waals surface area contributed by atoms with Crippen molar-refractivity contribution in [2.75, 3.05) is 4.90 Å². The number of aromatic nitrogens is 1. The lowest BCUT2D eigenvalue weighted by atomic mass is 10.1. The van der Waals surface area contributed by atoms with Crippen molar-refractivity contribution in [3.8, 4) is 5.69 Å². The molecule has 50 heavy (non-hydrogen) atoms. The summed E-state index contributed by atoms with van der Waals surface area (Å²) in [6.45, 7) is 0. The zero-order chi connectivity index (χ0) is 32.8. The molecule has 0 saturated carbocycles. The van der Waals surface area contributed by atoms with E-state index in [2.05, 4.69) is 167 Å². The maximum Gasteiger partial charge on any atom is 0.137 e. The highest BCUT2D eigenvalue weighted by molar-refractivity contribution is 7.25. The van der Waals surface area contributed by atoms with Crippen molar-refractivity contribution in [3.63, 3.8) is 0 Å². The van der Waals surface area contributed by atoms with Gasteiger partial charge >= 0.3 is 0 Å². The number of rotatable bonds is 4. The molecule has 3 nitrogen and oxygen atoms in total. The molecule has 0 N–H and O–H groups in total. The van der Waals surface area contributed by atoms with E-state index in [1.165, 1.54) is 47.2 Å². The van der Waals surface area contributed by atoms with Gasteiger partial charge in [-0.25, -0.2) is 0 Å². The third kappa shape index (κ3) is 4.03. The van der Waals surface area contributed by atoms with Crippen LogP contribution in [0, 0.1) is 0 Å². The SMILES string of the molecule is c1ccc(-n2c3ccccc3c3cccc(N(c4ccc5c(c4)oc4ccccc45)c4ccc5c(c4)sc4cc6ccccc6cc45)c32)cc1. The Hall–Kier alpha value is -6.36. The first-order valence-electron chi connectivity index (χ1n) is 16.9. The van der Waals surface area contributed by atoms with Gasteiger partial charge in [-0.15, -0.1) is 11.3 Å². The van der Waals surface area contributed by atoms with Gasteiger partial charge in [0.1, 0.15) is 11.2 Å². The van der Waals surface area contributed by atoms with Crippen LogP contribution in [0.2, 0.25) is 0 Å². The minimum Gasteiger partial charge on any atom is -0.456 e. The first-order valence-corrected chi connectivity index (χ1v) is 17.7. The van der Waals surface area contributed by atoms with E-state index in [1.807, 2.05) is 23.5 Å². The van der Waals surface area contributed by atoms with Crippen LogP contribution in [0.4, 0.5) is 17.1 Å². The average molecular weight is 657 g/mol. The maximum absolute atomic E-state index is 6.46. The van der Waals surface area contributed by atoms with E-state index in [9.17, 15) is 0 Å². The Balaban J connectivity index is 1.22. The molecule has 0 amide bonds. The van der Waals surface area contributed by atoms with Gasteiger partial charge in [-0.1, -0.05) is 97.1 Å². The van der Waals surface area contributed by atoms with Crippen molar-refractivity contribution in [3.05, 3.63) is 170 Å². The smallest absolute Gasteiger partial charge is 0.137 e. The molecule has 0 spiro atoms. The van der Waals surface area contributed by atoms with E-state index in [0.29, 0.717) is 0 Å². The van der Waals surface area contributed by atoms with E-state index in [4.69, 9.17) is 4.42 Å². The second kappa shape index (κ2) is 10.6. The molecule has 234 valence electrons. The quantitative estimate of drug-likeness (QED) is 0.188. The number of para-hydroxylation sites is 4. The van der Waals surface area contributed by atoms with Crippen molar-refractivity contribution >= 4 is 103 Å². The van der Waals surface area contributed by atoms with Gasteiger partial charge in [0.2, 0.25) is 0 Å². The Morgan fingerprint density at radius 1 is 0.440 bits per heavy atom. The number of fused-ring (bicyclic) bond motifs is 10. The van der Waals surface area contributed by atoms with E-state index in [1.54, 1.807) is 0 Å². The molecule has 4 heteroatoms. The molecule has 0 aliphatic carbocycles. The lowest BCUT2D eigenvalue weighted by Crippen LogP contribution is -2.11. The molecular formula is C46H28N2OS. The van der Waals surface area contributed by atoms with Crippen LogP contribution in [0.3, 0.4) is 0 Å². The van der Waals surface area contributed by atoms with Crippen LogP contribution >= 0.6 is 11.3 Å². The third-order valence-corrected chi connectivity index (χ3v) is 11.2. The number of nitrogens with zero attached hydrogens (tertiary/aromatic N) is 2. The second-order valence-corrected chi connectivity index (χ2v) is 14.0. The molecule has 0 atom stereocenters. The van der Waals surface area contributed by atoms with Crippen LogP contribution < -0.4 is 4.90 Å². The summed E-state index contributed by atoms with van der Waals surface area (Å²) in [6, 6.07) is 61.3. The molecule has 0 unspecified atom stereocenters. The molecule has 11 aromatic rings. The molecule has 3 heterocycles. The number of furan rings is 1. The van der Waals surface area contributed by atoms with Gasteiger partial charge in [-0.3, -0.25) is 0 Å². The van der Waals surface area contributed by atoms with Crippen LogP contribution in [-0.2, 0) is 0 Å². The Bertz CT molecular complexity index is 3110. The van der Waals surface area contributed by atoms with Crippen molar-refractivity contribution in [1.29, 1.82) is 0 Å². The molecule has 0 bridgehead atoms. The lowest BCUT2D eigenvalue weighted by Gasteiger charge is -2.27. The fraction of sp³-hybridized carbons (Fsp3) is 0. The number of anilines is 3. The van der Waals surface area contributed by atoms with E-state index < -0.39 is 0 Å². The predicted octanol–water partition coefficient (Wildman–Crippen LogP) is 13.7. The number of benzene rings is 8. The van der Waals surface area contributed by atoms with Crippen molar-refractivity contribution < 1.29 is 4.42 Å². The van der Waals surface area contributed by atoms with Gasteiger partial charge in [0, 0.05) is 64.8 Å². The summed E-state index contributed by atoms with van der Waals surface area (Å²) in [4.78, 5) is 2.41. The van der Waals surface area contributed by atoms with Crippen LogP contribution in [0.15, 0.2) is 174 Å². The van der Waals surface area contributed by atoms with Gasteiger partial charge in [0.05, 0.1) is 16.7 Å². The standard InChI is InChI=1S/C46H28N2OS/c1-2-13-31(14-3-1)48-40-18-8-6-15-34(40)38-17-10-19-41(46(38)48)47(32-21-23-36-35-16-7-9-20-42(35)49-43(36)27-32)33-22-24-37-39-25-29-11-4-5-12-30(29)26-44(39)50-45(37)28-33/h1-28H. The van der Waals surface area contributed by atoms with Gasteiger partial charge in [-0.2, -0.15) is 0 Å². The average Bonchev–Trinajstić information content (AvgIpc) is 3.83. The van der Waals surface area contributed by atoms with Crippen molar-refractivity contribution in [2.45, 2.75) is 0 Å². The van der Waals surface area contributed by atoms with Crippen LogP contribution in [0.1, 0.15) is 0 Å². The highest BCUT2D eigenvalue weighted by Crippen LogP contribution is 2.46. The largest absolute Gasteiger partial charge is 0.456 e. The summed E-state index contributed by atoms with van der Waals surface area (Å²) in [5, 5.41) is 9.82. The molecular weight excluding hydrogens is 629 g/mol. The fourth-order valence-electron chi connectivity index (χ4n) is 7.90. The molecule has 0 aliphatic rings. The van der Waals surface area contributed by atoms with Gasteiger partial charge in [-0.05, 0) is 77.5 Å². The summed E-state index contributed by atoms with van der Waals surface area (Å²) in [7, 11) is 0. The molecule has 8 aromatic carbocycles. The first kappa shape index (κ1) is 27.6. The van der Waals surface area contributed by atoms with Gasteiger partial charge < -0.3 is 13.9 Å². The van der Waals surface area contributed by atoms with Crippen molar-refractivity contribution in [1.82, 2.24) is 4.57 Å². The van der Waals surface area contributed by atoms with E-state index in [-0.39, 0.29) is 0 Å². The van der Waals surface area contributed by atoms with Crippen LogP contribution in [-0.4, -0.2) is 4.57 Å². The van der Waals surface area contributed by atoms with E-state index >= 15 is 0 Å². The van der Waals surface area contributed by atoms with Crippen LogP contribution in [0.25, 0.3) is 80.4 Å². The summed E-state index contributed by atoms with van der Waals surface area (Å²) >= 11 is 1.86. The van der Waals surface area contributed by atoms with Gasteiger partial charge in [0.25, 0.3) is 0 Å². The monoisotopic (exact) mass is 656 g/mol. The molecule has 11 rings (SSSR count). The lowest BCUT2D eigenvalue weighted by molar-refractivity contribution is 0.669. The minimum absolute atomic E-state index is 0.874. The molecule has 0 fully saturated rings. The molecule has 3 aromatic heterocycles. The predicted molar refractivity (Wildman–Crippen MR) is 213 cm³/mol. The number of hydrogen-bond donors (Lipinski definition) is 0. The van der Waals surface area contributed by atoms with E-state index in [0.717, 1.165) is 50.2 Å². The minimum atomic E-state index is 0.874. The first-order chi connectivity index (χ1) is 24.8. The summed E-state index contributed by atoms with van der Waals surface area (Å²) in [5.41, 5.74) is 8.49. The molecule has 0 aliphatic heterocycles. The second-order valence-electron chi connectivity index (χ2n) is 13.0. The number of hydrogen-bond acceptors (Lipinski definition) is 3. The molecule has 0 radical (unpaired) electrons. The highest BCUT2D eigenvalue weighted by atomic mass is 32.1. The fourth-order valence-corrected chi connectivity index (χ4v) is 9.07. The summed E-state index contributed by atoms with van der Waals surface area (Å²) in [6.07, 6.45) is 0. The van der Waals surface area contributed by atoms with Crippen LogP contribution in [0.5, 0.6) is 0 Å². The zero-order valence-electron chi connectivity index (χ0n) is 26.9. The highest BCUT2D eigenvalue weighted by Gasteiger charge is 2.23. The number of thiophene rings is 1. The normalized spacial score (nSPS) is 12.0. The Morgan fingerprint density at radius 2 is 1.10 bits per heavy atom. The molecule has 0 saturated heterocycles. The van der Waals surface area contributed by atoms with Gasteiger partial charge in [0.15, 0.2) is 0 Å². The maximum atomic E-state index is 6.46. The van der Waals surface area contributed by atoms with Crippen molar-refractivity contribution in [2.24, 2.45) is 0 Å². The topological polar surface area (TPSA) is 21.3 Å². The summed E-state index contributed by atoms with van der Waals surface area (Å²) in [5.74, 6) is 0. The Morgan fingerprint density at radius 3 is 1.98 bits per heavy atom. The third-order valence-electron chi connectivity index (χ3n) is 10.1. The Labute approximate surface area is 291 Å². The Kier molecular flexibility index (Phi) is 5.83. The summed E-state index contributed by atoms with van der Waals surface area (Å²) < 4.78 is 11.4. The zero-order valence-corrected chi connectivity index (χ0v) is 27.7.